The van der Waals surface area contributed by atoms with Crippen LogP contribution in [-0.2, 0) is 11.3 Å². The van der Waals surface area contributed by atoms with E-state index in [9.17, 15) is 18.3 Å². The van der Waals surface area contributed by atoms with E-state index < -0.39 is 17.8 Å². The van der Waals surface area contributed by atoms with E-state index in [4.69, 9.17) is 0 Å². The van der Waals surface area contributed by atoms with Gasteiger partial charge in [0.2, 0.25) is 0 Å². The number of halogens is 3. The van der Waals surface area contributed by atoms with E-state index in [1.54, 1.807) is 13.8 Å². The van der Waals surface area contributed by atoms with Gasteiger partial charge in [-0.2, -0.15) is 13.2 Å². The zero-order valence-corrected chi connectivity index (χ0v) is 8.51. The van der Waals surface area contributed by atoms with Gasteiger partial charge >= 0.3 is 6.18 Å². The molecule has 0 N–H and O–H groups in total. The molecule has 0 aliphatic rings. The van der Waals surface area contributed by atoms with Crippen molar-refractivity contribution in [2.45, 2.75) is 26.1 Å². The maximum Gasteiger partial charge on any atom is 0.416 e. The largest absolute Gasteiger partial charge is 0.416 e. The molecule has 0 amide bonds. The van der Waals surface area contributed by atoms with Crippen molar-refractivity contribution in [3.63, 3.8) is 0 Å². The molecule has 1 aromatic rings. The molecule has 1 atom stereocenters. The molecule has 0 aliphatic heterocycles. The van der Waals surface area contributed by atoms with Gasteiger partial charge in [0.25, 0.3) is 0 Å². The molecule has 1 rings (SSSR count). The monoisotopic (exact) mass is 217 g/mol. The van der Waals surface area contributed by atoms with E-state index in [-0.39, 0.29) is 11.5 Å². The lowest BCUT2D eigenvalue weighted by Gasteiger charge is -2.14. The maximum absolute atomic E-state index is 12.3. The van der Waals surface area contributed by atoms with Crippen molar-refractivity contribution >= 4 is 0 Å². The second kappa shape index (κ2) is 4.23. The Bertz CT molecular complexity index is 331. The first-order chi connectivity index (χ1) is 6.82. The van der Waals surface area contributed by atoms with Crippen LogP contribution in [0.15, 0.2) is 24.3 Å². The Balaban J connectivity index is 3.03. The third kappa shape index (κ3) is 2.96. The Labute approximate surface area is 86.5 Å². The van der Waals surface area contributed by atoms with E-state index in [0.29, 0.717) is 0 Å². The van der Waals surface area contributed by atoms with Crippen LogP contribution in [-0.4, -0.2) is 0 Å². The highest BCUT2D eigenvalue weighted by molar-refractivity contribution is 5.27. The molecule has 0 saturated heterocycles. The lowest BCUT2D eigenvalue weighted by atomic mass is 9.97. The first-order valence-electron chi connectivity index (χ1n) is 4.65. The van der Waals surface area contributed by atoms with Crippen molar-refractivity contribution in [1.29, 1.82) is 0 Å². The Morgan fingerprint density at radius 1 is 1.20 bits per heavy atom. The second-order valence-corrected chi connectivity index (χ2v) is 3.79. The summed E-state index contributed by atoms with van der Waals surface area (Å²) in [5, 5.41) is 11.5. The van der Waals surface area contributed by atoms with Crippen LogP contribution in [0.4, 0.5) is 13.2 Å². The second-order valence-electron chi connectivity index (χ2n) is 3.79. The van der Waals surface area contributed by atoms with E-state index in [0.717, 1.165) is 12.1 Å². The molecule has 0 saturated carbocycles. The minimum atomic E-state index is -4.38. The Kier molecular flexibility index (Phi) is 3.39. The van der Waals surface area contributed by atoms with Gasteiger partial charge in [-0.05, 0) is 23.6 Å². The summed E-state index contributed by atoms with van der Waals surface area (Å²) < 4.78 is 37.0. The van der Waals surface area contributed by atoms with Crippen molar-refractivity contribution in [3.05, 3.63) is 35.4 Å². The van der Waals surface area contributed by atoms with Crippen molar-refractivity contribution < 1.29 is 18.3 Å². The molecular weight excluding hydrogens is 205 g/mol. The van der Waals surface area contributed by atoms with Crippen LogP contribution in [0.3, 0.4) is 0 Å². The minimum absolute atomic E-state index is 0.194. The molecule has 1 aromatic carbocycles. The highest BCUT2D eigenvalue weighted by Crippen LogP contribution is 2.32. The lowest BCUT2D eigenvalue weighted by Crippen LogP contribution is -2.08. The predicted molar refractivity (Wildman–Crippen MR) is 49.7 cm³/mol. The summed E-state index contributed by atoms with van der Waals surface area (Å²) in [5.74, 6) is -0.214. The van der Waals surface area contributed by atoms with E-state index in [1.165, 1.54) is 12.1 Å². The Morgan fingerprint density at radius 2 is 1.80 bits per heavy atom. The van der Waals surface area contributed by atoms with Gasteiger partial charge < -0.3 is 0 Å². The summed E-state index contributed by atoms with van der Waals surface area (Å²) in [6, 6.07) is 4.60. The zero-order valence-electron chi connectivity index (χ0n) is 8.51. The predicted octanol–water partition coefficient (Wildman–Crippen LogP) is 3.83. The molecule has 1 unspecified atom stereocenters. The zero-order chi connectivity index (χ0) is 11.6. The van der Waals surface area contributed by atoms with E-state index in [1.807, 2.05) is 0 Å². The summed E-state index contributed by atoms with van der Waals surface area (Å²) in [7, 11) is 0. The number of hydrogen-bond donors (Lipinski definition) is 0. The quantitative estimate of drug-likeness (QED) is 0.717. The minimum Gasteiger partial charge on any atom is -0.228 e. The molecule has 0 aliphatic carbocycles. The normalized spacial score (nSPS) is 14.3. The van der Waals surface area contributed by atoms with Gasteiger partial charge in [0.05, 0.1) is 5.56 Å². The molecule has 1 radical (unpaired) electrons. The fourth-order valence-electron chi connectivity index (χ4n) is 1.28. The van der Waals surface area contributed by atoms with Gasteiger partial charge in [-0.1, -0.05) is 26.0 Å². The Hall–Kier alpha value is -1.03. The number of hydrogen-bond acceptors (Lipinski definition) is 0. The summed E-state index contributed by atoms with van der Waals surface area (Å²) in [6.45, 7) is 3.38. The van der Waals surface area contributed by atoms with Gasteiger partial charge in [0.1, 0.15) is 6.10 Å². The maximum atomic E-state index is 12.3. The first-order valence-corrected chi connectivity index (χ1v) is 4.65. The fraction of sp³-hybridized carbons (Fsp3) is 0.455. The van der Waals surface area contributed by atoms with Gasteiger partial charge in [-0.3, -0.25) is 0 Å². The average molecular weight is 217 g/mol. The summed E-state index contributed by atoms with van der Waals surface area (Å²) in [6.07, 6.45) is -5.49. The van der Waals surface area contributed by atoms with Crippen LogP contribution < -0.4 is 0 Å². The van der Waals surface area contributed by atoms with Crippen molar-refractivity contribution in [2.75, 3.05) is 0 Å². The van der Waals surface area contributed by atoms with Crippen LogP contribution in [0.25, 0.3) is 0 Å². The topological polar surface area (TPSA) is 19.9 Å². The number of rotatable bonds is 2. The SMILES string of the molecule is CC(C)C([O])c1cccc(C(F)(F)F)c1. The van der Waals surface area contributed by atoms with Crippen LogP contribution >= 0.6 is 0 Å². The highest BCUT2D eigenvalue weighted by atomic mass is 19.4. The highest BCUT2D eigenvalue weighted by Gasteiger charge is 2.31. The van der Waals surface area contributed by atoms with Crippen LogP contribution in [0.1, 0.15) is 31.1 Å². The Morgan fingerprint density at radius 3 is 2.27 bits per heavy atom. The standard InChI is InChI=1S/C11H12F3O/c1-7(2)10(15)8-4-3-5-9(6-8)11(12,13)14/h3-7,10H,1-2H3. The van der Waals surface area contributed by atoms with Gasteiger partial charge in [0, 0.05) is 0 Å². The summed E-state index contributed by atoms with van der Waals surface area (Å²) in [5.41, 5.74) is -0.568. The number of benzene rings is 1. The third-order valence-electron chi connectivity index (χ3n) is 2.15. The molecule has 0 aromatic heterocycles. The van der Waals surface area contributed by atoms with Crippen molar-refractivity contribution in [3.8, 4) is 0 Å². The van der Waals surface area contributed by atoms with Crippen LogP contribution in [0.2, 0.25) is 0 Å². The molecule has 0 fully saturated rings. The molecule has 0 bridgehead atoms. The van der Waals surface area contributed by atoms with Crippen LogP contribution in [0.5, 0.6) is 0 Å². The van der Waals surface area contributed by atoms with Crippen molar-refractivity contribution in [2.24, 2.45) is 5.92 Å². The molecule has 1 nitrogen and oxygen atoms in total. The summed E-state index contributed by atoms with van der Waals surface area (Å²) >= 11 is 0. The van der Waals surface area contributed by atoms with E-state index >= 15 is 0 Å². The summed E-state index contributed by atoms with van der Waals surface area (Å²) in [4.78, 5) is 0. The van der Waals surface area contributed by atoms with E-state index in [2.05, 4.69) is 0 Å². The van der Waals surface area contributed by atoms with Gasteiger partial charge in [-0.25, -0.2) is 5.11 Å². The average Bonchev–Trinajstić information content (AvgIpc) is 2.15. The molecule has 83 valence electrons. The van der Waals surface area contributed by atoms with Crippen molar-refractivity contribution in [1.82, 2.24) is 0 Å². The molecule has 0 heterocycles. The molecular formula is C11H12F3O. The molecule has 0 spiro atoms. The fourth-order valence-corrected chi connectivity index (χ4v) is 1.28. The molecule has 15 heavy (non-hydrogen) atoms. The molecule has 4 heteroatoms. The third-order valence-corrected chi connectivity index (χ3v) is 2.15. The van der Waals surface area contributed by atoms with Gasteiger partial charge in [-0.15, -0.1) is 0 Å². The lowest BCUT2D eigenvalue weighted by molar-refractivity contribution is -0.137. The number of alkyl halides is 3. The van der Waals surface area contributed by atoms with Crippen LogP contribution in [0, 0.1) is 5.92 Å². The smallest absolute Gasteiger partial charge is 0.228 e. The first kappa shape index (κ1) is 12.0. The van der Waals surface area contributed by atoms with Gasteiger partial charge in [0.15, 0.2) is 0 Å².